The lowest BCUT2D eigenvalue weighted by molar-refractivity contribution is 0.740. The molecule has 138 valence electrons. The van der Waals surface area contributed by atoms with E-state index in [1.165, 1.54) is 28.1 Å². The van der Waals surface area contributed by atoms with Crippen molar-refractivity contribution in [2.24, 2.45) is 0 Å². The first-order valence-corrected chi connectivity index (χ1v) is 9.74. The third-order valence-electron chi connectivity index (χ3n) is 5.55. The Labute approximate surface area is 165 Å². The SMILES string of the molecule is Cc1ccc(C2Nc3ccccc3Cn3c(-c4ccccc4)nc(C)c32)cc1. The summed E-state index contributed by atoms with van der Waals surface area (Å²) in [6, 6.07) is 27.9. The topological polar surface area (TPSA) is 29.9 Å². The van der Waals surface area contributed by atoms with Crippen molar-refractivity contribution in [1.29, 1.82) is 0 Å². The summed E-state index contributed by atoms with van der Waals surface area (Å²) in [5.41, 5.74) is 8.46. The molecule has 1 aliphatic heterocycles. The van der Waals surface area contributed by atoms with Gasteiger partial charge in [-0.15, -0.1) is 0 Å². The molecule has 1 aromatic heterocycles. The van der Waals surface area contributed by atoms with E-state index in [0.29, 0.717) is 0 Å². The monoisotopic (exact) mass is 365 g/mol. The van der Waals surface area contributed by atoms with Crippen molar-refractivity contribution in [3.63, 3.8) is 0 Å². The van der Waals surface area contributed by atoms with E-state index >= 15 is 0 Å². The predicted molar refractivity (Wildman–Crippen MR) is 115 cm³/mol. The first kappa shape index (κ1) is 16.8. The Balaban J connectivity index is 1.75. The van der Waals surface area contributed by atoms with E-state index < -0.39 is 0 Å². The van der Waals surface area contributed by atoms with Crippen LogP contribution in [0.15, 0.2) is 78.9 Å². The molecular weight excluding hydrogens is 342 g/mol. The standard InChI is InChI=1S/C25H23N3/c1-17-12-14-19(15-13-17)23-24-18(2)26-25(20-8-4-3-5-9-20)28(24)16-21-10-6-7-11-22(21)27-23/h3-15,23,27H,16H2,1-2H3. The van der Waals surface area contributed by atoms with E-state index in [0.717, 1.165) is 23.6 Å². The largest absolute Gasteiger partial charge is 0.373 e. The van der Waals surface area contributed by atoms with Crippen LogP contribution in [0.4, 0.5) is 5.69 Å². The molecule has 5 rings (SSSR count). The maximum absolute atomic E-state index is 4.99. The maximum Gasteiger partial charge on any atom is 0.140 e. The predicted octanol–water partition coefficient (Wildman–Crippen LogP) is 5.73. The number of imidazole rings is 1. The number of fused-ring (bicyclic) bond motifs is 2. The van der Waals surface area contributed by atoms with Gasteiger partial charge >= 0.3 is 0 Å². The molecule has 0 amide bonds. The van der Waals surface area contributed by atoms with Gasteiger partial charge in [0.25, 0.3) is 0 Å². The Morgan fingerprint density at radius 3 is 2.36 bits per heavy atom. The zero-order valence-electron chi connectivity index (χ0n) is 16.2. The van der Waals surface area contributed by atoms with Gasteiger partial charge in [0.15, 0.2) is 0 Å². The second kappa shape index (κ2) is 6.68. The molecule has 1 aliphatic rings. The summed E-state index contributed by atoms with van der Waals surface area (Å²) in [6.45, 7) is 5.06. The molecular formula is C25H23N3. The van der Waals surface area contributed by atoms with Crippen LogP contribution in [-0.2, 0) is 6.54 Å². The highest BCUT2D eigenvalue weighted by Crippen LogP contribution is 2.37. The smallest absolute Gasteiger partial charge is 0.140 e. The van der Waals surface area contributed by atoms with Gasteiger partial charge in [-0.25, -0.2) is 4.98 Å². The molecule has 0 saturated carbocycles. The number of aromatic nitrogens is 2. The zero-order chi connectivity index (χ0) is 19.1. The Morgan fingerprint density at radius 1 is 0.857 bits per heavy atom. The molecule has 0 bridgehead atoms. The normalized spacial score (nSPS) is 15.3. The van der Waals surface area contributed by atoms with Crippen molar-refractivity contribution in [2.45, 2.75) is 26.4 Å². The van der Waals surface area contributed by atoms with Crippen LogP contribution in [0.25, 0.3) is 11.4 Å². The Kier molecular flexibility index (Phi) is 4.01. The van der Waals surface area contributed by atoms with Gasteiger partial charge in [-0.3, -0.25) is 0 Å². The molecule has 1 atom stereocenters. The zero-order valence-corrected chi connectivity index (χ0v) is 16.2. The van der Waals surface area contributed by atoms with Crippen LogP contribution in [0.5, 0.6) is 0 Å². The molecule has 0 saturated heterocycles. The van der Waals surface area contributed by atoms with Gasteiger partial charge in [0.05, 0.1) is 24.0 Å². The van der Waals surface area contributed by atoms with E-state index in [1.807, 2.05) is 0 Å². The van der Waals surface area contributed by atoms with Gasteiger partial charge in [-0.2, -0.15) is 0 Å². The number of nitrogens with zero attached hydrogens (tertiary/aromatic N) is 2. The first-order valence-electron chi connectivity index (χ1n) is 9.74. The van der Waals surface area contributed by atoms with Crippen molar-refractivity contribution >= 4 is 5.69 Å². The molecule has 3 heteroatoms. The minimum atomic E-state index is 0.0641. The fourth-order valence-electron chi connectivity index (χ4n) is 4.11. The van der Waals surface area contributed by atoms with Gasteiger partial charge in [-0.1, -0.05) is 78.4 Å². The van der Waals surface area contributed by atoms with Crippen LogP contribution in [0.2, 0.25) is 0 Å². The van der Waals surface area contributed by atoms with Gasteiger partial charge < -0.3 is 9.88 Å². The number of para-hydroxylation sites is 1. The van der Waals surface area contributed by atoms with Crippen LogP contribution >= 0.6 is 0 Å². The number of hydrogen-bond acceptors (Lipinski definition) is 2. The van der Waals surface area contributed by atoms with Crippen LogP contribution in [0.3, 0.4) is 0 Å². The van der Waals surface area contributed by atoms with E-state index in [-0.39, 0.29) is 6.04 Å². The van der Waals surface area contributed by atoms with E-state index in [9.17, 15) is 0 Å². The summed E-state index contributed by atoms with van der Waals surface area (Å²) in [6.07, 6.45) is 0. The fraction of sp³-hybridized carbons (Fsp3) is 0.160. The fourth-order valence-corrected chi connectivity index (χ4v) is 4.11. The van der Waals surface area contributed by atoms with Crippen molar-refractivity contribution < 1.29 is 0 Å². The Bertz CT molecular complexity index is 1120. The number of benzene rings is 3. The number of anilines is 1. The Morgan fingerprint density at radius 2 is 1.57 bits per heavy atom. The highest BCUT2D eigenvalue weighted by atomic mass is 15.1. The molecule has 3 aromatic carbocycles. The minimum Gasteiger partial charge on any atom is -0.373 e. The van der Waals surface area contributed by atoms with E-state index in [1.54, 1.807) is 0 Å². The molecule has 3 nitrogen and oxygen atoms in total. The number of aryl methyl sites for hydroxylation is 2. The number of hydrogen-bond donors (Lipinski definition) is 1. The minimum absolute atomic E-state index is 0.0641. The third-order valence-corrected chi connectivity index (χ3v) is 5.55. The van der Waals surface area contributed by atoms with Crippen LogP contribution in [0.1, 0.15) is 34.1 Å². The van der Waals surface area contributed by atoms with Gasteiger partial charge in [0, 0.05) is 11.3 Å². The average molecular weight is 365 g/mol. The summed E-state index contributed by atoms with van der Waals surface area (Å²) in [7, 11) is 0. The van der Waals surface area contributed by atoms with Gasteiger partial charge in [0.2, 0.25) is 0 Å². The second-order valence-corrected chi connectivity index (χ2v) is 7.50. The van der Waals surface area contributed by atoms with Crippen molar-refractivity contribution in [1.82, 2.24) is 9.55 Å². The lowest BCUT2D eigenvalue weighted by Gasteiger charge is -2.20. The average Bonchev–Trinajstić information content (AvgIpc) is 2.94. The third kappa shape index (κ3) is 2.80. The highest BCUT2D eigenvalue weighted by molar-refractivity contribution is 5.62. The Hall–Kier alpha value is -3.33. The summed E-state index contributed by atoms with van der Waals surface area (Å²) >= 11 is 0. The molecule has 0 spiro atoms. The molecule has 1 N–H and O–H groups in total. The van der Waals surface area contributed by atoms with Crippen LogP contribution < -0.4 is 5.32 Å². The number of nitrogens with one attached hydrogen (secondary N) is 1. The summed E-state index contributed by atoms with van der Waals surface area (Å²) < 4.78 is 2.38. The summed E-state index contributed by atoms with van der Waals surface area (Å²) in [5.74, 6) is 1.03. The maximum atomic E-state index is 4.99. The number of rotatable bonds is 2. The van der Waals surface area contributed by atoms with E-state index in [2.05, 4.69) is 103 Å². The van der Waals surface area contributed by atoms with E-state index in [4.69, 9.17) is 4.98 Å². The van der Waals surface area contributed by atoms with Crippen molar-refractivity contribution in [3.05, 3.63) is 107 Å². The summed E-state index contributed by atoms with van der Waals surface area (Å²) in [4.78, 5) is 4.99. The lowest BCUT2D eigenvalue weighted by atomic mass is 10.0. The quantitative estimate of drug-likeness (QED) is 0.491. The van der Waals surface area contributed by atoms with Crippen LogP contribution in [0, 0.1) is 13.8 Å². The molecule has 0 fully saturated rings. The van der Waals surface area contributed by atoms with Gasteiger partial charge in [0.1, 0.15) is 5.82 Å². The highest BCUT2D eigenvalue weighted by Gasteiger charge is 2.28. The molecule has 4 aromatic rings. The first-order chi connectivity index (χ1) is 13.7. The van der Waals surface area contributed by atoms with Crippen molar-refractivity contribution in [2.75, 3.05) is 5.32 Å². The molecule has 28 heavy (non-hydrogen) atoms. The molecule has 1 unspecified atom stereocenters. The second-order valence-electron chi connectivity index (χ2n) is 7.50. The molecule has 2 heterocycles. The van der Waals surface area contributed by atoms with Crippen molar-refractivity contribution in [3.8, 4) is 11.4 Å². The van der Waals surface area contributed by atoms with Crippen LogP contribution in [-0.4, -0.2) is 9.55 Å². The summed E-state index contributed by atoms with van der Waals surface area (Å²) in [5, 5.41) is 3.80. The lowest BCUT2D eigenvalue weighted by Crippen LogP contribution is -2.15. The molecule has 0 radical (unpaired) electrons. The molecule has 0 aliphatic carbocycles. The van der Waals surface area contributed by atoms with Gasteiger partial charge in [-0.05, 0) is 31.0 Å².